The lowest BCUT2D eigenvalue weighted by molar-refractivity contribution is -0.126. The lowest BCUT2D eigenvalue weighted by Crippen LogP contribution is -2.51. The molecular formula is C12H19Cl2N3O. The van der Waals surface area contributed by atoms with Crippen molar-refractivity contribution in [2.45, 2.75) is 37.8 Å². The smallest absolute Gasteiger partial charge is 0.240 e. The zero-order chi connectivity index (χ0) is 11.4. The molecule has 0 spiro atoms. The largest absolute Gasteiger partial charge is 0.350 e. The van der Waals surface area contributed by atoms with Crippen LogP contribution in [0.4, 0.5) is 0 Å². The topological polar surface area (TPSA) is 68.0 Å². The maximum Gasteiger partial charge on any atom is 0.240 e. The van der Waals surface area contributed by atoms with Crippen LogP contribution in [0.3, 0.4) is 0 Å². The van der Waals surface area contributed by atoms with Gasteiger partial charge in [0.1, 0.15) is 0 Å². The first kappa shape index (κ1) is 17.2. The summed E-state index contributed by atoms with van der Waals surface area (Å²) in [6.45, 7) is 0.506. The molecule has 0 unspecified atom stereocenters. The van der Waals surface area contributed by atoms with E-state index in [9.17, 15) is 4.79 Å². The van der Waals surface area contributed by atoms with Gasteiger partial charge in [-0.1, -0.05) is 18.9 Å². The average Bonchev–Trinajstić information content (AvgIpc) is 2.76. The van der Waals surface area contributed by atoms with Crippen LogP contribution in [0, 0.1) is 0 Å². The minimum absolute atomic E-state index is 0. The minimum Gasteiger partial charge on any atom is -0.350 e. The van der Waals surface area contributed by atoms with Crippen LogP contribution in [0.2, 0.25) is 0 Å². The first-order valence-electron chi connectivity index (χ1n) is 5.67. The molecule has 1 aromatic heterocycles. The fourth-order valence-corrected chi connectivity index (χ4v) is 2.09. The summed E-state index contributed by atoms with van der Waals surface area (Å²) in [6.07, 6.45) is 7.16. The lowest BCUT2D eigenvalue weighted by Gasteiger charge is -2.22. The van der Waals surface area contributed by atoms with Crippen LogP contribution < -0.4 is 11.1 Å². The second-order valence-corrected chi connectivity index (χ2v) is 4.41. The summed E-state index contributed by atoms with van der Waals surface area (Å²) in [5, 5.41) is 2.88. The van der Waals surface area contributed by atoms with Gasteiger partial charge in [0.25, 0.3) is 0 Å². The molecule has 4 nitrogen and oxygen atoms in total. The minimum atomic E-state index is -0.637. The molecule has 0 aromatic carbocycles. The Morgan fingerprint density at radius 3 is 2.61 bits per heavy atom. The van der Waals surface area contributed by atoms with Crippen LogP contribution in [-0.4, -0.2) is 16.4 Å². The van der Waals surface area contributed by atoms with Gasteiger partial charge in [-0.3, -0.25) is 9.78 Å². The summed E-state index contributed by atoms with van der Waals surface area (Å²) in [4.78, 5) is 15.9. The number of nitrogens with two attached hydrogens (primary N) is 1. The molecular weight excluding hydrogens is 273 g/mol. The second kappa shape index (κ2) is 7.56. The number of hydrogen-bond acceptors (Lipinski definition) is 3. The molecule has 102 valence electrons. The van der Waals surface area contributed by atoms with Crippen LogP contribution in [0.25, 0.3) is 0 Å². The number of carbonyl (C=O) groups excluding carboxylic acids is 1. The number of nitrogens with one attached hydrogen (secondary N) is 1. The third kappa shape index (κ3) is 4.12. The molecule has 1 heterocycles. The molecule has 1 aliphatic carbocycles. The van der Waals surface area contributed by atoms with E-state index < -0.39 is 5.54 Å². The highest BCUT2D eigenvalue weighted by Crippen LogP contribution is 2.27. The standard InChI is InChI=1S/C12H17N3O.2ClH/c13-12(5-1-2-6-12)11(16)15-9-10-4-3-7-14-8-10;;/h3-4,7-8H,1-2,5-6,9,13H2,(H,15,16);2*1H. The highest BCUT2D eigenvalue weighted by molar-refractivity contribution is 5.86. The highest BCUT2D eigenvalue weighted by Gasteiger charge is 2.36. The third-order valence-electron chi connectivity index (χ3n) is 3.12. The van der Waals surface area contributed by atoms with Crippen molar-refractivity contribution in [2.24, 2.45) is 5.73 Å². The number of pyridine rings is 1. The summed E-state index contributed by atoms with van der Waals surface area (Å²) >= 11 is 0. The summed E-state index contributed by atoms with van der Waals surface area (Å²) in [5.74, 6) is -0.0335. The van der Waals surface area contributed by atoms with Crippen molar-refractivity contribution in [3.8, 4) is 0 Å². The van der Waals surface area contributed by atoms with Gasteiger partial charge in [-0.25, -0.2) is 0 Å². The van der Waals surface area contributed by atoms with Gasteiger partial charge in [-0.2, -0.15) is 0 Å². The molecule has 0 atom stereocenters. The van der Waals surface area contributed by atoms with E-state index in [4.69, 9.17) is 5.73 Å². The zero-order valence-corrected chi connectivity index (χ0v) is 11.7. The lowest BCUT2D eigenvalue weighted by atomic mass is 9.98. The fourth-order valence-electron chi connectivity index (χ4n) is 2.09. The molecule has 1 fully saturated rings. The van der Waals surface area contributed by atoms with Crippen LogP contribution in [0.15, 0.2) is 24.5 Å². The van der Waals surface area contributed by atoms with Crippen LogP contribution >= 0.6 is 24.8 Å². The number of carbonyl (C=O) groups is 1. The first-order chi connectivity index (χ1) is 7.71. The van der Waals surface area contributed by atoms with Crippen molar-refractivity contribution in [1.82, 2.24) is 10.3 Å². The van der Waals surface area contributed by atoms with E-state index in [0.29, 0.717) is 6.54 Å². The van der Waals surface area contributed by atoms with Gasteiger partial charge in [-0.05, 0) is 24.5 Å². The number of halogens is 2. The van der Waals surface area contributed by atoms with Crippen molar-refractivity contribution in [3.05, 3.63) is 30.1 Å². The maximum absolute atomic E-state index is 11.9. The third-order valence-corrected chi connectivity index (χ3v) is 3.12. The van der Waals surface area contributed by atoms with E-state index >= 15 is 0 Å². The molecule has 0 bridgehead atoms. The Hall–Kier alpha value is -0.840. The zero-order valence-electron chi connectivity index (χ0n) is 10.1. The van der Waals surface area contributed by atoms with Crippen molar-refractivity contribution in [1.29, 1.82) is 0 Å². The van der Waals surface area contributed by atoms with Crippen molar-refractivity contribution in [2.75, 3.05) is 0 Å². The molecule has 0 radical (unpaired) electrons. The highest BCUT2D eigenvalue weighted by atomic mass is 35.5. The van der Waals surface area contributed by atoms with Crippen molar-refractivity contribution < 1.29 is 4.79 Å². The van der Waals surface area contributed by atoms with Crippen LogP contribution in [0.1, 0.15) is 31.2 Å². The quantitative estimate of drug-likeness (QED) is 0.893. The Bertz CT molecular complexity index is 367. The SMILES string of the molecule is Cl.Cl.NC1(C(=O)NCc2cccnc2)CCCC1. The normalized spacial score (nSPS) is 16.3. The van der Waals surface area contributed by atoms with Gasteiger partial charge in [-0.15, -0.1) is 24.8 Å². The van der Waals surface area contributed by atoms with Gasteiger partial charge >= 0.3 is 0 Å². The molecule has 1 aromatic rings. The Balaban J connectivity index is 0.00000144. The van der Waals surface area contributed by atoms with Crippen molar-refractivity contribution >= 4 is 30.7 Å². The van der Waals surface area contributed by atoms with Crippen molar-refractivity contribution in [3.63, 3.8) is 0 Å². The van der Waals surface area contributed by atoms with E-state index in [1.54, 1.807) is 12.4 Å². The predicted octanol–water partition coefficient (Wildman–Crippen LogP) is 1.81. The number of hydrogen-bond donors (Lipinski definition) is 2. The summed E-state index contributed by atoms with van der Waals surface area (Å²) in [5.41, 5.74) is 6.40. The fraction of sp³-hybridized carbons (Fsp3) is 0.500. The number of amides is 1. The van der Waals surface area contributed by atoms with E-state index in [-0.39, 0.29) is 30.7 Å². The molecule has 1 aliphatic rings. The predicted molar refractivity (Wildman–Crippen MR) is 76.0 cm³/mol. The van der Waals surface area contributed by atoms with Gasteiger partial charge < -0.3 is 11.1 Å². The molecule has 2 rings (SSSR count). The number of nitrogens with zero attached hydrogens (tertiary/aromatic N) is 1. The number of aromatic nitrogens is 1. The van der Waals surface area contributed by atoms with E-state index in [1.807, 2.05) is 12.1 Å². The van der Waals surface area contributed by atoms with E-state index in [0.717, 1.165) is 31.2 Å². The summed E-state index contributed by atoms with van der Waals surface area (Å²) in [7, 11) is 0. The summed E-state index contributed by atoms with van der Waals surface area (Å²) < 4.78 is 0. The number of rotatable bonds is 3. The van der Waals surface area contributed by atoms with Gasteiger partial charge in [0.2, 0.25) is 5.91 Å². The van der Waals surface area contributed by atoms with Gasteiger partial charge in [0.15, 0.2) is 0 Å². The Kier molecular flexibility index (Phi) is 7.21. The van der Waals surface area contributed by atoms with E-state index in [2.05, 4.69) is 10.3 Å². The monoisotopic (exact) mass is 291 g/mol. The molecule has 1 saturated carbocycles. The molecule has 0 saturated heterocycles. The van der Waals surface area contributed by atoms with Crippen LogP contribution in [0.5, 0.6) is 0 Å². The van der Waals surface area contributed by atoms with E-state index in [1.165, 1.54) is 0 Å². The Morgan fingerprint density at radius 2 is 2.06 bits per heavy atom. The Labute approximate surface area is 120 Å². The van der Waals surface area contributed by atoms with Gasteiger partial charge in [0, 0.05) is 18.9 Å². The van der Waals surface area contributed by atoms with Crippen LogP contribution in [-0.2, 0) is 11.3 Å². The Morgan fingerprint density at radius 1 is 1.39 bits per heavy atom. The first-order valence-corrected chi connectivity index (χ1v) is 5.67. The van der Waals surface area contributed by atoms with Gasteiger partial charge in [0.05, 0.1) is 5.54 Å². The molecule has 6 heteroatoms. The summed E-state index contributed by atoms with van der Waals surface area (Å²) in [6, 6.07) is 3.79. The average molecular weight is 292 g/mol. The molecule has 18 heavy (non-hydrogen) atoms. The maximum atomic E-state index is 11.9. The molecule has 3 N–H and O–H groups in total. The molecule has 0 aliphatic heterocycles. The second-order valence-electron chi connectivity index (χ2n) is 4.41. The molecule has 1 amide bonds.